The number of hydrogen-bond donors (Lipinski definition) is 1. The number of rotatable bonds is 6. The molecule has 0 radical (unpaired) electrons. The molecule has 1 aliphatic heterocycles. The van der Waals surface area contributed by atoms with E-state index >= 15 is 0 Å². The van der Waals surface area contributed by atoms with E-state index in [0.29, 0.717) is 26.3 Å². The van der Waals surface area contributed by atoms with Gasteiger partial charge in [0, 0.05) is 45.5 Å². The van der Waals surface area contributed by atoms with Crippen molar-refractivity contribution >= 4 is 6.03 Å². The van der Waals surface area contributed by atoms with Crippen LogP contribution < -0.4 is 5.32 Å². The van der Waals surface area contributed by atoms with E-state index in [4.69, 9.17) is 9.15 Å². The normalized spacial score (nSPS) is 16.4. The molecule has 1 N–H and O–H groups in total. The molecule has 1 fully saturated rings. The molecule has 2 aromatic rings. The van der Waals surface area contributed by atoms with Gasteiger partial charge in [0.15, 0.2) is 0 Å². The number of carbonyl (C=O) groups is 1. The quantitative estimate of drug-likeness (QED) is 0.845. The molecule has 1 unspecified atom stereocenters. The van der Waals surface area contributed by atoms with E-state index in [1.54, 1.807) is 22.8 Å². The summed E-state index contributed by atoms with van der Waals surface area (Å²) in [5.41, 5.74) is 0.997. The number of aromatic nitrogens is 2. The Kier molecular flexibility index (Phi) is 5.95. The molecule has 0 aliphatic carbocycles. The van der Waals surface area contributed by atoms with Gasteiger partial charge in [0.2, 0.25) is 0 Å². The standard InChI is InChI=1S/C18H27N5O3/c1-14-4-5-17(26-14)16(23-6-8-25-9-7-23)11-19-18(24)21(2)12-15-10-20-22(3)13-15/h4-5,10,13,16H,6-9,11-12H2,1-3H3,(H,19,24). The zero-order valence-corrected chi connectivity index (χ0v) is 15.6. The molecule has 8 heteroatoms. The first-order chi connectivity index (χ1) is 12.5. The lowest BCUT2D eigenvalue weighted by Crippen LogP contribution is -2.45. The fourth-order valence-corrected chi connectivity index (χ4v) is 3.15. The lowest BCUT2D eigenvalue weighted by Gasteiger charge is -2.33. The summed E-state index contributed by atoms with van der Waals surface area (Å²) >= 11 is 0. The molecule has 0 aromatic carbocycles. The van der Waals surface area contributed by atoms with Crippen molar-refractivity contribution in [1.29, 1.82) is 0 Å². The van der Waals surface area contributed by atoms with E-state index in [2.05, 4.69) is 15.3 Å². The van der Waals surface area contributed by atoms with Crippen LogP contribution in [0.4, 0.5) is 4.79 Å². The van der Waals surface area contributed by atoms with Gasteiger partial charge in [-0.05, 0) is 19.1 Å². The predicted octanol–water partition coefficient (Wildman–Crippen LogP) is 1.54. The van der Waals surface area contributed by atoms with Crippen LogP contribution in [-0.4, -0.2) is 65.5 Å². The highest BCUT2D eigenvalue weighted by atomic mass is 16.5. The van der Waals surface area contributed by atoms with E-state index in [1.165, 1.54) is 0 Å². The van der Waals surface area contributed by atoms with Gasteiger partial charge in [-0.3, -0.25) is 9.58 Å². The molecule has 142 valence electrons. The number of aryl methyl sites for hydroxylation is 2. The fourth-order valence-electron chi connectivity index (χ4n) is 3.15. The molecule has 0 bridgehead atoms. The number of nitrogens with one attached hydrogen (secondary N) is 1. The Hall–Kier alpha value is -2.32. The monoisotopic (exact) mass is 361 g/mol. The highest BCUT2D eigenvalue weighted by Gasteiger charge is 2.26. The minimum atomic E-state index is -0.115. The summed E-state index contributed by atoms with van der Waals surface area (Å²) < 4.78 is 13.0. The number of amides is 2. The van der Waals surface area contributed by atoms with Crippen LogP contribution in [0.2, 0.25) is 0 Å². The average Bonchev–Trinajstić information content (AvgIpc) is 3.24. The predicted molar refractivity (Wildman–Crippen MR) is 96.7 cm³/mol. The third-order valence-corrected chi connectivity index (χ3v) is 4.55. The number of carbonyl (C=O) groups excluding carboxylic acids is 1. The van der Waals surface area contributed by atoms with Crippen molar-refractivity contribution < 1.29 is 13.9 Å². The Morgan fingerprint density at radius 3 is 2.77 bits per heavy atom. The minimum absolute atomic E-state index is 0.00309. The third-order valence-electron chi connectivity index (χ3n) is 4.55. The van der Waals surface area contributed by atoms with Crippen LogP contribution in [0.5, 0.6) is 0 Å². The number of hydrogen-bond acceptors (Lipinski definition) is 5. The van der Waals surface area contributed by atoms with Crippen molar-refractivity contribution in [2.45, 2.75) is 19.5 Å². The molecule has 1 saturated heterocycles. The molecule has 1 aliphatic rings. The maximum Gasteiger partial charge on any atom is 0.317 e. The van der Waals surface area contributed by atoms with Crippen molar-refractivity contribution in [3.05, 3.63) is 41.6 Å². The van der Waals surface area contributed by atoms with Crippen LogP contribution in [0.15, 0.2) is 28.9 Å². The second-order valence-electron chi connectivity index (χ2n) is 6.68. The molecule has 2 amide bonds. The lowest BCUT2D eigenvalue weighted by molar-refractivity contribution is 0.0119. The second kappa shape index (κ2) is 8.37. The van der Waals surface area contributed by atoms with Crippen molar-refractivity contribution in [1.82, 2.24) is 24.9 Å². The summed E-state index contributed by atoms with van der Waals surface area (Å²) in [5.74, 6) is 1.75. The summed E-state index contributed by atoms with van der Waals surface area (Å²) in [4.78, 5) is 16.4. The molecule has 0 saturated carbocycles. The molecule has 1 atom stereocenters. The number of furan rings is 1. The SMILES string of the molecule is Cc1ccc(C(CNC(=O)N(C)Cc2cnn(C)c2)N2CCOCC2)o1. The number of nitrogens with zero attached hydrogens (tertiary/aromatic N) is 4. The molecule has 2 aromatic heterocycles. The minimum Gasteiger partial charge on any atom is -0.465 e. The number of morpholine rings is 1. The maximum atomic E-state index is 12.5. The molecule has 26 heavy (non-hydrogen) atoms. The zero-order valence-electron chi connectivity index (χ0n) is 15.6. The molecular weight excluding hydrogens is 334 g/mol. The van der Waals surface area contributed by atoms with Gasteiger partial charge in [-0.15, -0.1) is 0 Å². The summed E-state index contributed by atoms with van der Waals surface area (Å²) in [6, 6.07) is 3.83. The van der Waals surface area contributed by atoms with E-state index in [-0.39, 0.29) is 12.1 Å². The van der Waals surface area contributed by atoms with Crippen molar-refractivity contribution in [2.75, 3.05) is 39.9 Å². The maximum absolute atomic E-state index is 12.5. The van der Waals surface area contributed by atoms with Crippen molar-refractivity contribution in [2.24, 2.45) is 7.05 Å². The number of ether oxygens (including phenoxy) is 1. The van der Waals surface area contributed by atoms with Crippen LogP contribution in [0.3, 0.4) is 0 Å². The lowest BCUT2D eigenvalue weighted by atomic mass is 10.1. The summed E-state index contributed by atoms with van der Waals surface area (Å²) in [5, 5.41) is 7.17. The van der Waals surface area contributed by atoms with Crippen LogP contribution in [-0.2, 0) is 18.3 Å². The zero-order chi connectivity index (χ0) is 18.5. The summed E-state index contributed by atoms with van der Waals surface area (Å²) in [6.45, 7) is 5.98. The van der Waals surface area contributed by atoms with Gasteiger partial charge in [0.05, 0.1) is 32.0 Å². The summed E-state index contributed by atoms with van der Waals surface area (Å²) in [6.07, 6.45) is 3.68. The topological polar surface area (TPSA) is 75.8 Å². The summed E-state index contributed by atoms with van der Waals surface area (Å²) in [7, 11) is 3.64. The Balaban J connectivity index is 1.60. The van der Waals surface area contributed by atoms with Crippen LogP contribution in [0, 0.1) is 6.92 Å². The van der Waals surface area contributed by atoms with Gasteiger partial charge in [-0.1, -0.05) is 0 Å². The van der Waals surface area contributed by atoms with Crippen molar-refractivity contribution in [3.8, 4) is 0 Å². The van der Waals surface area contributed by atoms with Gasteiger partial charge in [-0.25, -0.2) is 4.79 Å². The largest absolute Gasteiger partial charge is 0.465 e. The van der Waals surface area contributed by atoms with Gasteiger partial charge < -0.3 is 19.4 Å². The fraction of sp³-hybridized carbons (Fsp3) is 0.556. The Morgan fingerprint density at radius 1 is 1.38 bits per heavy atom. The second-order valence-corrected chi connectivity index (χ2v) is 6.68. The average molecular weight is 361 g/mol. The third kappa shape index (κ3) is 4.64. The molecular formula is C18H27N5O3. The first-order valence-corrected chi connectivity index (χ1v) is 8.87. The highest BCUT2D eigenvalue weighted by molar-refractivity contribution is 5.73. The first-order valence-electron chi connectivity index (χ1n) is 8.87. The van der Waals surface area contributed by atoms with Crippen LogP contribution >= 0.6 is 0 Å². The molecule has 3 rings (SSSR count). The van der Waals surface area contributed by atoms with Crippen LogP contribution in [0.1, 0.15) is 23.1 Å². The Labute approximate surface area is 153 Å². The van der Waals surface area contributed by atoms with Gasteiger partial charge >= 0.3 is 6.03 Å². The van der Waals surface area contributed by atoms with Crippen LogP contribution in [0.25, 0.3) is 0 Å². The molecule has 0 spiro atoms. The van der Waals surface area contributed by atoms with Gasteiger partial charge in [0.1, 0.15) is 11.5 Å². The highest BCUT2D eigenvalue weighted by Crippen LogP contribution is 2.23. The molecule has 3 heterocycles. The van der Waals surface area contributed by atoms with E-state index in [0.717, 1.165) is 30.2 Å². The van der Waals surface area contributed by atoms with Gasteiger partial charge in [-0.2, -0.15) is 5.10 Å². The van der Waals surface area contributed by atoms with Gasteiger partial charge in [0.25, 0.3) is 0 Å². The van der Waals surface area contributed by atoms with E-state index in [9.17, 15) is 4.79 Å². The van der Waals surface area contributed by atoms with Crippen molar-refractivity contribution in [3.63, 3.8) is 0 Å². The number of urea groups is 1. The Bertz CT molecular complexity index is 720. The van der Waals surface area contributed by atoms with E-state index in [1.807, 2.05) is 32.3 Å². The molecule has 8 nitrogen and oxygen atoms in total. The first kappa shape index (κ1) is 18.5. The van der Waals surface area contributed by atoms with E-state index < -0.39 is 0 Å². The Morgan fingerprint density at radius 2 is 2.15 bits per heavy atom. The smallest absolute Gasteiger partial charge is 0.317 e.